The molecular weight excluding hydrogens is 226 g/mol. The van der Waals surface area contributed by atoms with Gasteiger partial charge in [0.15, 0.2) is 0 Å². The van der Waals surface area contributed by atoms with E-state index in [1.807, 2.05) is 24.3 Å². The van der Waals surface area contributed by atoms with E-state index in [2.05, 4.69) is 10.4 Å². The van der Waals surface area contributed by atoms with Gasteiger partial charge in [0.1, 0.15) is 12.4 Å². The summed E-state index contributed by atoms with van der Waals surface area (Å²) in [5.74, 6) is -0.0301. The number of nitrogens with one attached hydrogen (secondary N) is 1. The number of nitrogens with zero attached hydrogens (tertiary/aromatic N) is 2. The number of carbonyl (C=O) groups excluding carboxylic acids is 1. The molecule has 1 aromatic rings. The number of hydrogen-bond donors (Lipinski definition) is 1. The van der Waals surface area contributed by atoms with Gasteiger partial charge in [-0.2, -0.15) is 0 Å². The van der Waals surface area contributed by atoms with Crippen LogP contribution in [-0.2, 0) is 11.2 Å². The molecule has 0 fully saturated rings. The first-order chi connectivity index (χ1) is 7.66. The maximum absolute atomic E-state index is 11.7. The third-order valence-electron chi connectivity index (χ3n) is 2.46. The van der Waals surface area contributed by atoms with Gasteiger partial charge in [-0.3, -0.25) is 20.2 Å². The van der Waals surface area contributed by atoms with E-state index in [4.69, 9.17) is 11.6 Å². The molecule has 0 saturated carbocycles. The van der Waals surface area contributed by atoms with Crippen LogP contribution in [0.3, 0.4) is 0 Å². The highest BCUT2D eigenvalue weighted by atomic mass is 35.5. The Labute approximate surface area is 98.9 Å². The molecule has 1 aromatic carbocycles. The molecule has 1 unspecified atom stereocenters. The normalized spacial score (nSPS) is 19.8. The van der Waals surface area contributed by atoms with E-state index in [9.17, 15) is 4.79 Å². The van der Waals surface area contributed by atoms with Gasteiger partial charge in [-0.25, -0.2) is 0 Å². The highest BCUT2D eigenvalue weighted by Crippen LogP contribution is 2.13. The maximum atomic E-state index is 11.7. The van der Waals surface area contributed by atoms with Crippen molar-refractivity contribution in [3.8, 4) is 0 Å². The number of amides is 1. The van der Waals surface area contributed by atoms with Gasteiger partial charge in [-0.05, 0) is 17.7 Å². The number of hydrogen-bond acceptors (Lipinski definition) is 3. The maximum Gasteiger partial charge on any atom is 0.265 e. The summed E-state index contributed by atoms with van der Waals surface area (Å²) in [6.07, 6.45) is 2.14. The molecule has 1 amide bonds. The molecule has 1 aliphatic rings. The van der Waals surface area contributed by atoms with Crippen LogP contribution in [0.15, 0.2) is 29.3 Å². The Morgan fingerprint density at radius 1 is 1.44 bits per heavy atom. The molecule has 4 nitrogen and oxygen atoms in total. The first kappa shape index (κ1) is 11.0. The SMILES string of the molecule is CN1NC=NC(Cc2ccc(Cl)cc2)C1=O. The molecule has 1 N–H and O–H groups in total. The number of hydrazine groups is 1. The molecule has 2 rings (SSSR count). The zero-order valence-corrected chi connectivity index (χ0v) is 9.61. The summed E-state index contributed by atoms with van der Waals surface area (Å²) in [5, 5.41) is 2.13. The summed E-state index contributed by atoms with van der Waals surface area (Å²) in [5.41, 5.74) is 3.78. The number of halogens is 1. The minimum atomic E-state index is -0.340. The molecule has 0 aromatic heterocycles. The smallest absolute Gasteiger partial charge is 0.265 e. The van der Waals surface area contributed by atoms with Gasteiger partial charge < -0.3 is 0 Å². The first-order valence-electron chi connectivity index (χ1n) is 4.96. The second kappa shape index (κ2) is 4.53. The van der Waals surface area contributed by atoms with Gasteiger partial charge >= 0.3 is 0 Å². The van der Waals surface area contributed by atoms with Crippen molar-refractivity contribution in [3.63, 3.8) is 0 Å². The molecular formula is C11H12ClN3O. The fourth-order valence-electron chi connectivity index (χ4n) is 1.54. The molecule has 1 atom stereocenters. The summed E-state index contributed by atoms with van der Waals surface area (Å²) >= 11 is 5.79. The van der Waals surface area contributed by atoms with Crippen LogP contribution in [0, 0.1) is 0 Å². The molecule has 0 saturated heterocycles. The van der Waals surface area contributed by atoms with Crippen molar-refractivity contribution >= 4 is 23.8 Å². The molecule has 0 spiro atoms. The van der Waals surface area contributed by atoms with E-state index in [-0.39, 0.29) is 11.9 Å². The number of likely N-dealkylation sites (N-methyl/N-ethyl adjacent to an activating group) is 1. The van der Waals surface area contributed by atoms with E-state index in [0.29, 0.717) is 11.4 Å². The largest absolute Gasteiger partial charge is 0.286 e. The fourth-order valence-corrected chi connectivity index (χ4v) is 1.67. The van der Waals surface area contributed by atoms with Crippen molar-refractivity contribution in [1.29, 1.82) is 0 Å². The zero-order valence-electron chi connectivity index (χ0n) is 8.85. The third kappa shape index (κ3) is 2.33. The van der Waals surface area contributed by atoms with Crippen molar-refractivity contribution in [3.05, 3.63) is 34.9 Å². The summed E-state index contributed by atoms with van der Waals surface area (Å²) in [7, 11) is 1.68. The molecule has 0 radical (unpaired) electrons. The van der Waals surface area contributed by atoms with Crippen molar-refractivity contribution in [2.75, 3.05) is 7.05 Å². The Bertz CT molecular complexity index is 416. The van der Waals surface area contributed by atoms with E-state index >= 15 is 0 Å². The molecule has 16 heavy (non-hydrogen) atoms. The Morgan fingerprint density at radius 2 is 2.12 bits per heavy atom. The average molecular weight is 238 g/mol. The van der Waals surface area contributed by atoms with E-state index in [1.165, 1.54) is 5.01 Å². The number of rotatable bonds is 2. The van der Waals surface area contributed by atoms with Crippen molar-refractivity contribution in [2.45, 2.75) is 12.5 Å². The lowest BCUT2D eigenvalue weighted by Crippen LogP contribution is -2.48. The van der Waals surface area contributed by atoms with Crippen LogP contribution in [0.5, 0.6) is 0 Å². The Hall–Kier alpha value is -1.55. The van der Waals surface area contributed by atoms with Gasteiger partial charge in [-0.15, -0.1) is 0 Å². The van der Waals surface area contributed by atoms with Crippen LogP contribution in [0.4, 0.5) is 0 Å². The lowest BCUT2D eigenvalue weighted by Gasteiger charge is -2.25. The van der Waals surface area contributed by atoms with Crippen molar-refractivity contribution in [2.24, 2.45) is 4.99 Å². The lowest BCUT2D eigenvalue weighted by molar-refractivity contribution is -0.133. The first-order valence-corrected chi connectivity index (χ1v) is 5.34. The van der Waals surface area contributed by atoms with Crippen molar-refractivity contribution in [1.82, 2.24) is 10.4 Å². The van der Waals surface area contributed by atoms with Gasteiger partial charge in [0.05, 0.1) is 0 Å². The standard InChI is InChI=1S/C11H12ClN3O/c1-15-11(16)10(13-7-14-15)6-8-2-4-9(12)5-3-8/h2-5,7,10H,6H2,1H3,(H,13,14). The van der Waals surface area contributed by atoms with Gasteiger partial charge in [-0.1, -0.05) is 23.7 Å². The highest BCUT2D eigenvalue weighted by molar-refractivity contribution is 6.30. The fraction of sp³-hybridized carbons (Fsp3) is 0.273. The number of benzene rings is 1. The zero-order chi connectivity index (χ0) is 11.5. The van der Waals surface area contributed by atoms with Crippen LogP contribution < -0.4 is 5.43 Å². The minimum absolute atomic E-state index is 0.0301. The third-order valence-corrected chi connectivity index (χ3v) is 2.72. The second-order valence-electron chi connectivity index (χ2n) is 3.65. The van der Waals surface area contributed by atoms with E-state index in [0.717, 1.165) is 5.56 Å². The predicted octanol–water partition coefficient (Wildman–Crippen LogP) is 1.26. The quantitative estimate of drug-likeness (QED) is 0.842. The second-order valence-corrected chi connectivity index (χ2v) is 4.09. The summed E-state index contributed by atoms with van der Waals surface area (Å²) in [6, 6.07) is 7.11. The predicted molar refractivity (Wildman–Crippen MR) is 63.3 cm³/mol. The van der Waals surface area contributed by atoms with Crippen LogP contribution in [-0.4, -0.2) is 30.3 Å². The Morgan fingerprint density at radius 3 is 2.81 bits per heavy atom. The monoisotopic (exact) mass is 237 g/mol. The summed E-state index contributed by atoms with van der Waals surface area (Å²) < 4.78 is 0. The van der Waals surface area contributed by atoms with Gasteiger partial charge in [0, 0.05) is 18.5 Å². The molecule has 5 heteroatoms. The minimum Gasteiger partial charge on any atom is -0.286 e. The Balaban J connectivity index is 2.09. The van der Waals surface area contributed by atoms with E-state index < -0.39 is 0 Å². The molecule has 1 aliphatic heterocycles. The molecule has 1 heterocycles. The number of aliphatic imine (C=N–C) groups is 1. The molecule has 84 valence electrons. The Kier molecular flexibility index (Phi) is 3.10. The average Bonchev–Trinajstić information content (AvgIpc) is 2.28. The van der Waals surface area contributed by atoms with Gasteiger partial charge in [0.25, 0.3) is 5.91 Å². The van der Waals surface area contributed by atoms with Crippen molar-refractivity contribution < 1.29 is 4.79 Å². The number of carbonyl (C=O) groups is 1. The summed E-state index contributed by atoms with van der Waals surface area (Å²) in [4.78, 5) is 15.8. The lowest BCUT2D eigenvalue weighted by atomic mass is 10.1. The topological polar surface area (TPSA) is 44.7 Å². The highest BCUT2D eigenvalue weighted by Gasteiger charge is 2.23. The van der Waals surface area contributed by atoms with Crippen LogP contribution in [0.2, 0.25) is 5.02 Å². The summed E-state index contributed by atoms with van der Waals surface area (Å²) in [6.45, 7) is 0. The molecule has 0 bridgehead atoms. The van der Waals surface area contributed by atoms with E-state index in [1.54, 1.807) is 13.4 Å². The van der Waals surface area contributed by atoms with Gasteiger partial charge in [0.2, 0.25) is 0 Å². The van der Waals surface area contributed by atoms with Crippen LogP contribution in [0.25, 0.3) is 0 Å². The molecule has 0 aliphatic carbocycles. The van der Waals surface area contributed by atoms with Crippen LogP contribution in [0.1, 0.15) is 5.56 Å². The van der Waals surface area contributed by atoms with Crippen LogP contribution >= 0.6 is 11.6 Å².